The number of aliphatic hydroxyl groups is 1. The summed E-state index contributed by atoms with van der Waals surface area (Å²) in [5, 5.41) is 15.9. The van der Waals surface area contributed by atoms with Crippen LogP contribution in [0, 0.1) is 0 Å². The van der Waals surface area contributed by atoms with Crippen LogP contribution in [0.5, 0.6) is 0 Å². The number of aromatic nitrogens is 2. The number of hydrogen-bond donors (Lipinski definition) is 2. The molecule has 23 heavy (non-hydrogen) atoms. The molecule has 1 aromatic heterocycles. The number of alkyl halides is 3. The van der Waals surface area contributed by atoms with Gasteiger partial charge in [-0.3, -0.25) is 5.10 Å². The van der Waals surface area contributed by atoms with E-state index in [4.69, 9.17) is 0 Å². The summed E-state index contributed by atoms with van der Waals surface area (Å²) in [7, 11) is 0. The summed E-state index contributed by atoms with van der Waals surface area (Å²) in [5.41, 5.74) is 0.595. The van der Waals surface area contributed by atoms with Crippen molar-refractivity contribution < 1.29 is 18.3 Å². The third-order valence-electron chi connectivity index (χ3n) is 3.55. The van der Waals surface area contributed by atoms with Gasteiger partial charge in [-0.15, -0.1) is 0 Å². The summed E-state index contributed by atoms with van der Waals surface area (Å²) in [6.45, 7) is 0. The lowest BCUT2D eigenvalue weighted by Crippen LogP contribution is -2.07. The molecule has 0 aliphatic rings. The highest BCUT2D eigenvalue weighted by Gasteiger charge is 2.35. The van der Waals surface area contributed by atoms with Gasteiger partial charge in [-0.05, 0) is 22.8 Å². The minimum atomic E-state index is -4.51. The molecule has 0 bridgehead atoms. The zero-order valence-electron chi connectivity index (χ0n) is 11.9. The van der Waals surface area contributed by atoms with E-state index in [9.17, 15) is 18.3 Å². The molecule has 2 aromatic carbocycles. The van der Waals surface area contributed by atoms with E-state index in [0.29, 0.717) is 16.7 Å². The highest BCUT2D eigenvalue weighted by Crippen LogP contribution is 2.36. The van der Waals surface area contributed by atoms with E-state index in [0.717, 1.165) is 6.20 Å². The number of benzene rings is 2. The van der Waals surface area contributed by atoms with Crippen molar-refractivity contribution in [3.05, 3.63) is 77.6 Å². The number of aromatic amines is 1. The Hall–Kier alpha value is -2.60. The summed E-state index contributed by atoms with van der Waals surface area (Å²) < 4.78 is 38.9. The fourth-order valence-corrected chi connectivity index (χ4v) is 2.43. The van der Waals surface area contributed by atoms with E-state index >= 15 is 0 Å². The standard InChI is InChI=1S/C17H13F3N2O/c18-17(19,20)16-14(10-21-22-16)12-7-4-8-13(9-12)15(23)11-5-2-1-3-6-11/h1-10,15,23H,(H,21,22). The van der Waals surface area contributed by atoms with E-state index in [2.05, 4.69) is 5.10 Å². The average molecular weight is 318 g/mol. The van der Waals surface area contributed by atoms with Crippen LogP contribution in [0.4, 0.5) is 13.2 Å². The van der Waals surface area contributed by atoms with Crippen LogP contribution in [0.25, 0.3) is 11.1 Å². The number of nitrogens with one attached hydrogen (secondary N) is 1. The van der Waals surface area contributed by atoms with Crippen molar-refractivity contribution in [2.75, 3.05) is 0 Å². The molecule has 0 aliphatic heterocycles. The average Bonchev–Trinajstić information content (AvgIpc) is 3.05. The van der Waals surface area contributed by atoms with Crippen LogP contribution < -0.4 is 0 Å². The maximum absolute atomic E-state index is 13.0. The van der Waals surface area contributed by atoms with Crippen LogP contribution in [-0.4, -0.2) is 15.3 Å². The molecule has 0 aliphatic carbocycles. The lowest BCUT2D eigenvalue weighted by atomic mass is 9.97. The van der Waals surface area contributed by atoms with Crippen molar-refractivity contribution in [1.82, 2.24) is 10.2 Å². The Balaban J connectivity index is 2.00. The van der Waals surface area contributed by atoms with Crippen LogP contribution in [-0.2, 0) is 6.18 Å². The summed E-state index contributed by atoms with van der Waals surface area (Å²) in [5.74, 6) is 0. The lowest BCUT2D eigenvalue weighted by molar-refractivity contribution is -0.140. The van der Waals surface area contributed by atoms with Crippen LogP contribution in [0.15, 0.2) is 60.8 Å². The van der Waals surface area contributed by atoms with Crippen molar-refractivity contribution in [3.63, 3.8) is 0 Å². The molecule has 6 heteroatoms. The van der Waals surface area contributed by atoms with Crippen LogP contribution >= 0.6 is 0 Å². The predicted molar refractivity (Wildman–Crippen MR) is 79.5 cm³/mol. The predicted octanol–water partition coefficient (Wildman–Crippen LogP) is 4.18. The van der Waals surface area contributed by atoms with Crippen molar-refractivity contribution >= 4 is 0 Å². The molecule has 3 nitrogen and oxygen atoms in total. The molecule has 1 unspecified atom stereocenters. The van der Waals surface area contributed by atoms with Gasteiger partial charge in [-0.2, -0.15) is 18.3 Å². The summed E-state index contributed by atoms with van der Waals surface area (Å²) in [6, 6.07) is 15.3. The second-order valence-corrected chi connectivity index (χ2v) is 5.10. The zero-order chi connectivity index (χ0) is 16.4. The van der Waals surface area contributed by atoms with E-state index in [1.165, 1.54) is 6.07 Å². The van der Waals surface area contributed by atoms with Gasteiger partial charge in [0.05, 0.1) is 6.20 Å². The van der Waals surface area contributed by atoms with Gasteiger partial charge in [0.25, 0.3) is 0 Å². The van der Waals surface area contributed by atoms with E-state index in [1.807, 2.05) is 11.2 Å². The Morgan fingerprint density at radius 3 is 2.35 bits per heavy atom. The van der Waals surface area contributed by atoms with Gasteiger partial charge in [0.15, 0.2) is 0 Å². The summed E-state index contributed by atoms with van der Waals surface area (Å²) in [4.78, 5) is 0. The summed E-state index contributed by atoms with van der Waals surface area (Å²) >= 11 is 0. The number of aliphatic hydroxyl groups excluding tert-OH is 1. The maximum Gasteiger partial charge on any atom is 0.433 e. The van der Waals surface area contributed by atoms with Gasteiger partial charge in [0.2, 0.25) is 0 Å². The molecule has 1 atom stereocenters. The van der Waals surface area contributed by atoms with Crippen molar-refractivity contribution in [3.8, 4) is 11.1 Å². The fraction of sp³-hybridized carbons (Fsp3) is 0.118. The molecule has 0 spiro atoms. The first kappa shape index (κ1) is 15.3. The van der Waals surface area contributed by atoms with E-state index < -0.39 is 18.0 Å². The zero-order valence-corrected chi connectivity index (χ0v) is 11.9. The molecule has 2 N–H and O–H groups in total. The van der Waals surface area contributed by atoms with E-state index in [1.54, 1.807) is 42.5 Å². The van der Waals surface area contributed by atoms with Gasteiger partial charge in [0, 0.05) is 5.56 Å². The Bertz CT molecular complexity index is 797. The lowest BCUT2D eigenvalue weighted by Gasteiger charge is -2.13. The highest BCUT2D eigenvalue weighted by atomic mass is 19.4. The monoisotopic (exact) mass is 318 g/mol. The minimum Gasteiger partial charge on any atom is -0.384 e. The van der Waals surface area contributed by atoms with Crippen molar-refractivity contribution in [2.24, 2.45) is 0 Å². The van der Waals surface area contributed by atoms with E-state index in [-0.39, 0.29) is 5.56 Å². The van der Waals surface area contributed by atoms with Crippen LogP contribution in [0.1, 0.15) is 22.9 Å². The molecule has 1 heterocycles. The SMILES string of the molecule is OC(c1ccccc1)c1cccc(-c2cn[nH]c2C(F)(F)F)c1. The first-order chi connectivity index (χ1) is 11.0. The highest BCUT2D eigenvalue weighted by molar-refractivity contribution is 5.66. The molecular weight excluding hydrogens is 305 g/mol. The molecule has 3 aromatic rings. The van der Waals surface area contributed by atoms with Crippen molar-refractivity contribution in [1.29, 1.82) is 0 Å². The van der Waals surface area contributed by atoms with Crippen LogP contribution in [0.2, 0.25) is 0 Å². The van der Waals surface area contributed by atoms with Gasteiger partial charge < -0.3 is 5.11 Å². The number of H-pyrrole nitrogens is 1. The first-order valence-corrected chi connectivity index (χ1v) is 6.91. The molecular formula is C17H13F3N2O. The first-order valence-electron chi connectivity index (χ1n) is 6.91. The molecule has 0 fully saturated rings. The van der Waals surface area contributed by atoms with Gasteiger partial charge in [-0.25, -0.2) is 0 Å². The number of halogens is 3. The van der Waals surface area contributed by atoms with Crippen LogP contribution in [0.3, 0.4) is 0 Å². The molecule has 0 radical (unpaired) electrons. The fourth-order valence-electron chi connectivity index (χ4n) is 2.43. The quantitative estimate of drug-likeness (QED) is 0.761. The molecule has 3 rings (SSSR count). The number of nitrogens with zero attached hydrogens (tertiary/aromatic N) is 1. The third kappa shape index (κ3) is 3.12. The Morgan fingerprint density at radius 2 is 1.65 bits per heavy atom. The van der Waals surface area contributed by atoms with Gasteiger partial charge >= 0.3 is 6.18 Å². The molecule has 0 saturated heterocycles. The normalized spacial score (nSPS) is 13.0. The molecule has 0 saturated carbocycles. The summed E-state index contributed by atoms with van der Waals surface area (Å²) in [6.07, 6.45) is -4.28. The minimum absolute atomic E-state index is 0.0420. The van der Waals surface area contributed by atoms with Gasteiger partial charge in [0.1, 0.15) is 11.8 Å². The topological polar surface area (TPSA) is 48.9 Å². The third-order valence-corrected chi connectivity index (χ3v) is 3.55. The smallest absolute Gasteiger partial charge is 0.384 e. The number of hydrogen-bond acceptors (Lipinski definition) is 2. The Kier molecular flexibility index (Phi) is 3.92. The largest absolute Gasteiger partial charge is 0.433 e. The Labute approximate surface area is 130 Å². The molecule has 118 valence electrons. The van der Waals surface area contributed by atoms with Crippen molar-refractivity contribution in [2.45, 2.75) is 12.3 Å². The maximum atomic E-state index is 13.0. The van der Waals surface area contributed by atoms with Gasteiger partial charge in [-0.1, -0.05) is 48.5 Å². The second kappa shape index (κ2) is 5.89. The second-order valence-electron chi connectivity index (χ2n) is 5.10. The Morgan fingerprint density at radius 1 is 0.957 bits per heavy atom. The molecule has 0 amide bonds. The number of rotatable bonds is 3.